The number of para-hydroxylation sites is 2. The van der Waals surface area contributed by atoms with Crippen molar-refractivity contribution >= 4 is 22.4 Å². The standard InChI is InChI=1S/C16H11FN2O/c17-13-6-3-4-10-8-11(9-19-15(10)13)16(20)12-5-1-2-7-14(12)18/h1-9H,18H2. The molecule has 0 aliphatic rings. The van der Waals surface area contributed by atoms with Crippen molar-refractivity contribution < 1.29 is 9.18 Å². The van der Waals surface area contributed by atoms with E-state index < -0.39 is 5.82 Å². The van der Waals surface area contributed by atoms with Gasteiger partial charge < -0.3 is 5.73 Å². The van der Waals surface area contributed by atoms with Crippen LogP contribution in [0.4, 0.5) is 10.1 Å². The van der Waals surface area contributed by atoms with E-state index in [1.54, 1.807) is 42.5 Å². The highest BCUT2D eigenvalue weighted by Gasteiger charge is 2.13. The number of halogens is 1. The fourth-order valence-electron chi connectivity index (χ4n) is 2.11. The lowest BCUT2D eigenvalue weighted by Gasteiger charge is -2.05. The molecule has 3 nitrogen and oxygen atoms in total. The monoisotopic (exact) mass is 266 g/mol. The van der Waals surface area contributed by atoms with Gasteiger partial charge in [-0.15, -0.1) is 0 Å². The van der Waals surface area contributed by atoms with Gasteiger partial charge >= 0.3 is 0 Å². The molecule has 1 aromatic heterocycles. The number of aromatic nitrogens is 1. The Morgan fingerprint density at radius 1 is 1.10 bits per heavy atom. The maximum Gasteiger partial charge on any atom is 0.196 e. The zero-order chi connectivity index (χ0) is 14.1. The molecular weight excluding hydrogens is 255 g/mol. The van der Waals surface area contributed by atoms with E-state index in [-0.39, 0.29) is 11.3 Å². The molecule has 2 N–H and O–H groups in total. The van der Waals surface area contributed by atoms with E-state index in [0.29, 0.717) is 22.2 Å². The van der Waals surface area contributed by atoms with Crippen molar-refractivity contribution in [1.29, 1.82) is 0 Å². The van der Waals surface area contributed by atoms with Gasteiger partial charge in [-0.2, -0.15) is 0 Å². The van der Waals surface area contributed by atoms with Crippen molar-refractivity contribution in [1.82, 2.24) is 4.98 Å². The molecule has 3 rings (SSSR count). The predicted octanol–water partition coefficient (Wildman–Crippen LogP) is 3.19. The molecule has 0 spiro atoms. The highest BCUT2D eigenvalue weighted by molar-refractivity contribution is 6.12. The van der Waals surface area contributed by atoms with Gasteiger partial charge in [0.25, 0.3) is 0 Å². The summed E-state index contributed by atoms with van der Waals surface area (Å²) in [7, 11) is 0. The third-order valence-corrected chi connectivity index (χ3v) is 3.13. The van der Waals surface area contributed by atoms with Crippen molar-refractivity contribution in [3.63, 3.8) is 0 Å². The molecule has 0 unspecified atom stereocenters. The summed E-state index contributed by atoms with van der Waals surface area (Å²) in [5.74, 6) is -0.623. The maximum atomic E-state index is 13.5. The van der Waals surface area contributed by atoms with Crippen LogP contribution in [0.2, 0.25) is 0 Å². The van der Waals surface area contributed by atoms with Crippen LogP contribution in [0.1, 0.15) is 15.9 Å². The average Bonchev–Trinajstić information content (AvgIpc) is 2.47. The Kier molecular flexibility index (Phi) is 2.91. The molecule has 0 saturated heterocycles. The minimum Gasteiger partial charge on any atom is -0.398 e. The second-order valence-corrected chi connectivity index (χ2v) is 4.45. The van der Waals surface area contributed by atoms with Gasteiger partial charge in [0.2, 0.25) is 0 Å². The summed E-state index contributed by atoms with van der Waals surface area (Å²) in [6.45, 7) is 0. The number of fused-ring (bicyclic) bond motifs is 1. The van der Waals surface area contributed by atoms with Crippen LogP contribution in [0.25, 0.3) is 10.9 Å². The van der Waals surface area contributed by atoms with Gasteiger partial charge in [-0.1, -0.05) is 24.3 Å². The number of nitrogens with two attached hydrogens (primary N) is 1. The van der Waals surface area contributed by atoms with E-state index >= 15 is 0 Å². The van der Waals surface area contributed by atoms with Crippen molar-refractivity contribution in [2.45, 2.75) is 0 Å². The molecule has 0 aliphatic carbocycles. The third-order valence-electron chi connectivity index (χ3n) is 3.13. The summed E-state index contributed by atoms with van der Waals surface area (Å²) in [5, 5.41) is 0.588. The Hall–Kier alpha value is -2.75. The molecule has 20 heavy (non-hydrogen) atoms. The summed E-state index contributed by atoms with van der Waals surface area (Å²) in [4.78, 5) is 16.4. The van der Waals surface area contributed by atoms with Gasteiger partial charge in [0, 0.05) is 28.4 Å². The van der Waals surface area contributed by atoms with Crippen LogP contribution in [-0.4, -0.2) is 10.8 Å². The predicted molar refractivity (Wildman–Crippen MR) is 76.0 cm³/mol. The first-order valence-corrected chi connectivity index (χ1v) is 6.10. The number of ketones is 1. The van der Waals surface area contributed by atoms with Crippen molar-refractivity contribution in [2.75, 3.05) is 5.73 Å². The summed E-state index contributed by atoms with van der Waals surface area (Å²) < 4.78 is 13.5. The fourth-order valence-corrected chi connectivity index (χ4v) is 2.11. The Morgan fingerprint density at radius 2 is 1.90 bits per heavy atom. The number of pyridine rings is 1. The molecule has 0 aliphatic heterocycles. The number of hydrogen-bond donors (Lipinski definition) is 1. The molecule has 4 heteroatoms. The van der Waals surface area contributed by atoms with Gasteiger partial charge in [0.1, 0.15) is 11.3 Å². The second-order valence-electron chi connectivity index (χ2n) is 4.45. The molecule has 1 heterocycles. The Morgan fingerprint density at radius 3 is 2.70 bits per heavy atom. The lowest BCUT2D eigenvalue weighted by molar-refractivity contribution is 0.103. The van der Waals surface area contributed by atoms with Gasteiger partial charge in [-0.25, -0.2) is 4.39 Å². The molecule has 0 fully saturated rings. The van der Waals surface area contributed by atoms with Crippen LogP contribution in [-0.2, 0) is 0 Å². The molecule has 0 bridgehead atoms. The first-order chi connectivity index (χ1) is 9.66. The normalized spacial score (nSPS) is 10.7. The second kappa shape index (κ2) is 4.74. The average molecular weight is 266 g/mol. The van der Waals surface area contributed by atoms with Crippen LogP contribution in [0.15, 0.2) is 54.7 Å². The van der Waals surface area contributed by atoms with Crippen molar-refractivity contribution in [2.24, 2.45) is 0 Å². The summed E-state index contributed by atoms with van der Waals surface area (Å²) in [6, 6.07) is 13.1. The first-order valence-electron chi connectivity index (χ1n) is 6.10. The van der Waals surface area contributed by atoms with E-state index in [0.717, 1.165) is 0 Å². The molecule has 3 aromatic rings. The lowest BCUT2D eigenvalue weighted by atomic mass is 10.0. The Bertz CT molecular complexity index is 814. The quantitative estimate of drug-likeness (QED) is 0.572. The van der Waals surface area contributed by atoms with Crippen LogP contribution < -0.4 is 5.73 Å². The molecule has 0 amide bonds. The van der Waals surface area contributed by atoms with E-state index in [1.165, 1.54) is 12.3 Å². The van der Waals surface area contributed by atoms with E-state index in [1.807, 2.05) is 0 Å². The van der Waals surface area contributed by atoms with Gasteiger partial charge in [0.05, 0.1) is 0 Å². The summed E-state index contributed by atoms with van der Waals surface area (Å²) in [5.41, 5.74) is 7.27. The number of rotatable bonds is 2. The number of carbonyl (C=O) groups is 1. The molecule has 0 radical (unpaired) electrons. The van der Waals surface area contributed by atoms with Crippen molar-refractivity contribution in [3.05, 3.63) is 71.7 Å². The summed E-state index contributed by atoms with van der Waals surface area (Å²) in [6.07, 6.45) is 1.38. The molecular formula is C16H11FN2O. The minimum absolute atomic E-state index is 0.221. The number of hydrogen-bond acceptors (Lipinski definition) is 3. The van der Waals surface area contributed by atoms with Gasteiger partial charge in [-0.3, -0.25) is 9.78 Å². The number of benzene rings is 2. The number of nitrogens with zero attached hydrogens (tertiary/aromatic N) is 1. The smallest absolute Gasteiger partial charge is 0.196 e. The van der Waals surface area contributed by atoms with Gasteiger partial charge in [-0.05, 0) is 24.3 Å². The zero-order valence-electron chi connectivity index (χ0n) is 10.5. The number of carbonyl (C=O) groups excluding carboxylic acids is 1. The van der Waals surface area contributed by atoms with Crippen molar-refractivity contribution in [3.8, 4) is 0 Å². The van der Waals surface area contributed by atoms with Crippen LogP contribution >= 0.6 is 0 Å². The van der Waals surface area contributed by atoms with E-state index in [9.17, 15) is 9.18 Å². The summed E-state index contributed by atoms with van der Waals surface area (Å²) >= 11 is 0. The SMILES string of the molecule is Nc1ccccc1C(=O)c1cnc2c(F)cccc2c1. The first kappa shape index (κ1) is 12.3. The third kappa shape index (κ3) is 2.01. The topological polar surface area (TPSA) is 56.0 Å². The fraction of sp³-hybridized carbons (Fsp3) is 0. The largest absolute Gasteiger partial charge is 0.398 e. The molecule has 98 valence electrons. The van der Waals surface area contributed by atoms with Crippen LogP contribution in [0, 0.1) is 5.82 Å². The Balaban J connectivity index is 2.11. The highest BCUT2D eigenvalue weighted by atomic mass is 19.1. The molecule has 0 saturated carbocycles. The van der Waals surface area contributed by atoms with E-state index in [4.69, 9.17) is 5.73 Å². The van der Waals surface area contributed by atoms with Crippen LogP contribution in [0.3, 0.4) is 0 Å². The maximum absolute atomic E-state index is 13.5. The number of nitrogen functional groups attached to an aromatic ring is 1. The molecule has 2 aromatic carbocycles. The number of anilines is 1. The lowest BCUT2D eigenvalue weighted by Crippen LogP contribution is -2.05. The Labute approximate surface area is 114 Å². The van der Waals surface area contributed by atoms with Crippen LogP contribution in [0.5, 0.6) is 0 Å². The van der Waals surface area contributed by atoms with E-state index in [2.05, 4.69) is 4.98 Å². The molecule has 0 atom stereocenters. The minimum atomic E-state index is -0.402. The zero-order valence-corrected chi connectivity index (χ0v) is 10.5. The highest BCUT2D eigenvalue weighted by Crippen LogP contribution is 2.20. The van der Waals surface area contributed by atoms with Gasteiger partial charge in [0.15, 0.2) is 5.78 Å².